The molecule has 4 nitrogen and oxygen atoms in total. The number of nitrogens with one attached hydrogen (secondary N) is 1. The van der Waals surface area contributed by atoms with Crippen molar-refractivity contribution in [2.75, 3.05) is 5.32 Å². The van der Waals surface area contributed by atoms with Crippen molar-refractivity contribution in [3.63, 3.8) is 0 Å². The summed E-state index contributed by atoms with van der Waals surface area (Å²) in [6.07, 6.45) is 0.463. The molecule has 1 saturated carbocycles. The Balaban J connectivity index is 1.98. The van der Waals surface area contributed by atoms with E-state index in [2.05, 4.69) is 10.3 Å². The predicted octanol–water partition coefficient (Wildman–Crippen LogP) is 2.77. The molecule has 0 aliphatic heterocycles. The van der Waals surface area contributed by atoms with E-state index < -0.39 is 11.9 Å². The molecule has 0 bridgehead atoms. The van der Waals surface area contributed by atoms with Gasteiger partial charge in [-0.25, -0.2) is 18.6 Å². The zero-order valence-electron chi connectivity index (χ0n) is 9.70. The Kier molecular flexibility index (Phi) is 3.45. The summed E-state index contributed by atoms with van der Waals surface area (Å²) in [6.45, 7) is 0. The average Bonchev–Trinajstić information content (AvgIpc) is 2.32. The van der Waals surface area contributed by atoms with E-state index in [1.165, 1.54) is 6.07 Å². The molecule has 0 atom stereocenters. The molecule has 0 aromatic carbocycles. The van der Waals surface area contributed by atoms with Crippen molar-refractivity contribution in [1.29, 1.82) is 0 Å². The topological polar surface area (TPSA) is 62.2 Å². The molecule has 6 heteroatoms. The fourth-order valence-corrected chi connectivity index (χ4v) is 2.03. The molecule has 1 fully saturated rings. The Bertz CT molecular complexity index is 441. The third kappa shape index (κ3) is 3.15. The van der Waals surface area contributed by atoms with Gasteiger partial charge in [-0.05, 0) is 25.0 Å². The van der Waals surface area contributed by atoms with Crippen LogP contribution in [0.5, 0.6) is 0 Å². The number of hydrogen-bond donors (Lipinski definition) is 2. The molecule has 1 aliphatic rings. The molecule has 2 rings (SSSR count). The first-order valence-electron chi connectivity index (χ1n) is 5.81. The van der Waals surface area contributed by atoms with Crippen LogP contribution < -0.4 is 5.32 Å². The van der Waals surface area contributed by atoms with E-state index in [0.717, 1.165) is 0 Å². The van der Waals surface area contributed by atoms with E-state index in [4.69, 9.17) is 5.11 Å². The average molecular weight is 256 g/mol. The predicted molar refractivity (Wildman–Crippen MR) is 62.0 cm³/mol. The lowest BCUT2D eigenvalue weighted by molar-refractivity contribution is -0.0361. The van der Waals surface area contributed by atoms with Crippen LogP contribution in [0.15, 0.2) is 18.2 Å². The summed E-state index contributed by atoms with van der Waals surface area (Å²) in [5, 5.41) is 11.8. The Morgan fingerprint density at radius 1 is 1.39 bits per heavy atom. The number of carboxylic acids is 1. The molecule has 1 aliphatic carbocycles. The number of anilines is 1. The fourth-order valence-electron chi connectivity index (χ4n) is 2.03. The second-order valence-corrected chi connectivity index (χ2v) is 4.49. The third-order valence-electron chi connectivity index (χ3n) is 3.04. The first kappa shape index (κ1) is 12.7. The van der Waals surface area contributed by atoms with Gasteiger partial charge < -0.3 is 10.4 Å². The molecular weight excluding hydrogens is 242 g/mol. The van der Waals surface area contributed by atoms with Crippen LogP contribution in [-0.4, -0.2) is 28.0 Å². The molecule has 1 aromatic heterocycles. The van der Waals surface area contributed by atoms with Gasteiger partial charge in [0.05, 0.1) is 0 Å². The summed E-state index contributed by atoms with van der Waals surface area (Å²) in [7, 11) is 0. The molecule has 1 aromatic rings. The minimum Gasteiger partial charge on any atom is -0.477 e. The molecular formula is C12H14F2N2O2. The lowest BCUT2D eigenvalue weighted by Crippen LogP contribution is -2.32. The van der Waals surface area contributed by atoms with Crippen LogP contribution in [0.25, 0.3) is 0 Å². The van der Waals surface area contributed by atoms with Gasteiger partial charge in [0.2, 0.25) is 5.92 Å². The second-order valence-electron chi connectivity index (χ2n) is 4.49. The molecule has 0 amide bonds. The normalized spacial score (nSPS) is 19.4. The molecule has 2 N–H and O–H groups in total. The molecule has 0 radical (unpaired) electrons. The summed E-state index contributed by atoms with van der Waals surface area (Å²) in [5.41, 5.74) is -0.0545. The van der Waals surface area contributed by atoms with Crippen LogP contribution in [0.3, 0.4) is 0 Å². The smallest absolute Gasteiger partial charge is 0.354 e. The van der Waals surface area contributed by atoms with Gasteiger partial charge in [-0.2, -0.15) is 0 Å². The zero-order chi connectivity index (χ0) is 13.2. The Morgan fingerprint density at radius 2 is 2.06 bits per heavy atom. The lowest BCUT2D eigenvalue weighted by atomic mass is 9.92. The number of aromatic nitrogens is 1. The van der Waals surface area contributed by atoms with Crippen LogP contribution in [0.1, 0.15) is 36.2 Å². The highest BCUT2D eigenvalue weighted by Gasteiger charge is 2.34. The van der Waals surface area contributed by atoms with Gasteiger partial charge in [0, 0.05) is 18.9 Å². The van der Waals surface area contributed by atoms with Crippen molar-refractivity contribution in [2.45, 2.75) is 37.6 Å². The van der Waals surface area contributed by atoms with Gasteiger partial charge in [0.25, 0.3) is 0 Å². The minimum atomic E-state index is -2.56. The third-order valence-corrected chi connectivity index (χ3v) is 3.04. The highest BCUT2D eigenvalue weighted by Crippen LogP contribution is 2.33. The number of alkyl halides is 2. The van der Waals surface area contributed by atoms with Crippen LogP contribution in [0, 0.1) is 0 Å². The van der Waals surface area contributed by atoms with E-state index in [1.807, 2.05) is 0 Å². The van der Waals surface area contributed by atoms with Crippen LogP contribution in [-0.2, 0) is 0 Å². The number of hydrogen-bond acceptors (Lipinski definition) is 3. The highest BCUT2D eigenvalue weighted by atomic mass is 19.3. The van der Waals surface area contributed by atoms with E-state index in [0.29, 0.717) is 18.7 Å². The van der Waals surface area contributed by atoms with E-state index >= 15 is 0 Å². The summed E-state index contributed by atoms with van der Waals surface area (Å²) in [6, 6.07) is 4.54. The first-order chi connectivity index (χ1) is 8.46. The van der Waals surface area contributed by atoms with Crippen molar-refractivity contribution < 1.29 is 18.7 Å². The van der Waals surface area contributed by atoms with Crippen molar-refractivity contribution in [3.05, 3.63) is 23.9 Å². The SMILES string of the molecule is O=C(O)c1cccc(NC2CCC(F)(F)CC2)n1. The zero-order valence-corrected chi connectivity index (χ0v) is 9.70. The number of rotatable bonds is 3. The maximum absolute atomic E-state index is 13.0. The molecule has 98 valence electrons. The number of halogens is 2. The van der Waals surface area contributed by atoms with Crippen LogP contribution >= 0.6 is 0 Å². The van der Waals surface area contributed by atoms with Gasteiger partial charge in [-0.15, -0.1) is 0 Å². The number of carbonyl (C=O) groups is 1. The molecule has 0 saturated heterocycles. The van der Waals surface area contributed by atoms with Gasteiger partial charge in [-0.3, -0.25) is 0 Å². The molecule has 1 heterocycles. The van der Waals surface area contributed by atoms with Crippen molar-refractivity contribution >= 4 is 11.8 Å². The van der Waals surface area contributed by atoms with E-state index in [-0.39, 0.29) is 24.6 Å². The number of aromatic carboxylic acids is 1. The molecule has 0 spiro atoms. The van der Waals surface area contributed by atoms with Crippen molar-refractivity contribution in [3.8, 4) is 0 Å². The van der Waals surface area contributed by atoms with Gasteiger partial charge in [0.1, 0.15) is 5.82 Å². The van der Waals surface area contributed by atoms with Gasteiger partial charge >= 0.3 is 5.97 Å². The van der Waals surface area contributed by atoms with Crippen molar-refractivity contribution in [2.24, 2.45) is 0 Å². The Morgan fingerprint density at radius 3 is 2.67 bits per heavy atom. The fraction of sp³-hybridized carbons (Fsp3) is 0.500. The van der Waals surface area contributed by atoms with Crippen LogP contribution in [0.4, 0.5) is 14.6 Å². The Labute approximate surface area is 103 Å². The van der Waals surface area contributed by atoms with Crippen LogP contribution in [0.2, 0.25) is 0 Å². The first-order valence-corrected chi connectivity index (χ1v) is 5.81. The minimum absolute atomic E-state index is 0.0545. The second kappa shape index (κ2) is 4.88. The van der Waals surface area contributed by atoms with Gasteiger partial charge in [0.15, 0.2) is 5.69 Å². The standard InChI is InChI=1S/C12H14F2N2O2/c13-12(14)6-4-8(5-7-12)15-10-3-1-2-9(16-10)11(17)18/h1-3,8H,4-7H2,(H,15,16)(H,17,18). The lowest BCUT2D eigenvalue weighted by Gasteiger charge is -2.29. The van der Waals surface area contributed by atoms with E-state index in [1.54, 1.807) is 12.1 Å². The quantitative estimate of drug-likeness (QED) is 0.872. The van der Waals surface area contributed by atoms with Crippen molar-refractivity contribution in [1.82, 2.24) is 4.98 Å². The summed E-state index contributed by atoms with van der Waals surface area (Å²) < 4.78 is 25.9. The maximum Gasteiger partial charge on any atom is 0.354 e. The number of nitrogens with zero attached hydrogens (tertiary/aromatic N) is 1. The largest absolute Gasteiger partial charge is 0.477 e. The molecule has 18 heavy (non-hydrogen) atoms. The monoisotopic (exact) mass is 256 g/mol. The molecule has 0 unspecified atom stereocenters. The number of carboxylic acid groups (broad SMARTS) is 1. The Hall–Kier alpha value is -1.72. The van der Waals surface area contributed by atoms with Gasteiger partial charge in [-0.1, -0.05) is 6.07 Å². The summed E-state index contributed by atoms with van der Waals surface area (Å²) in [4.78, 5) is 14.6. The summed E-state index contributed by atoms with van der Waals surface area (Å²) in [5.74, 6) is -3.24. The number of pyridine rings is 1. The highest BCUT2D eigenvalue weighted by molar-refractivity contribution is 5.85. The summed E-state index contributed by atoms with van der Waals surface area (Å²) >= 11 is 0. The maximum atomic E-state index is 13.0. The van der Waals surface area contributed by atoms with E-state index in [9.17, 15) is 13.6 Å².